The molecule has 1 aromatic carbocycles. The van der Waals surface area contributed by atoms with E-state index in [1.165, 1.54) is 11.1 Å². The number of hydrogen-bond donors (Lipinski definition) is 1. The van der Waals surface area contributed by atoms with Crippen LogP contribution in [-0.4, -0.2) is 7.05 Å². The highest BCUT2D eigenvalue weighted by atomic mass is 35.5. The van der Waals surface area contributed by atoms with Crippen LogP contribution in [0.1, 0.15) is 31.0 Å². The molecule has 1 aromatic rings. The molecular formula is C13H18ClN. The molecule has 0 aliphatic rings. The lowest BCUT2D eigenvalue weighted by Gasteiger charge is -2.14. The molecule has 0 fully saturated rings. The van der Waals surface area contributed by atoms with E-state index in [2.05, 4.69) is 37.4 Å². The predicted molar refractivity (Wildman–Crippen MR) is 67.4 cm³/mol. The number of aryl methyl sites for hydroxylation is 1. The van der Waals surface area contributed by atoms with Gasteiger partial charge in [0.25, 0.3) is 0 Å². The Morgan fingerprint density at radius 1 is 1.40 bits per heavy atom. The number of allylic oxidation sites excluding steroid dienone is 1. The van der Waals surface area contributed by atoms with Crippen LogP contribution >= 0.6 is 11.6 Å². The van der Waals surface area contributed by atoms with Crippen molar-refractivity contribution in [1.82, 2.24) is 5.32 Å². The first-order valence-electron chi connectivity index (χ1n) is 5.13. The van der Waals surface area contributed by atoms with Crippen LogP contribution in [0.3, 0.4) is 0 Å². The van der Waals surface area contributed by atoms with Crippen LogP contribution < -0.4 is 5.32 Å². The summed E-state index contributed by atoms with van der Waals surface area (Å²) in [6, 6.07) is 6.42. The van der Waals surface area contributed by atoms with E-state index >= 15 is 0 Å². The molecule has 0 saturated heterocycles. The molecule has 0 aliphatic heterocycles. The van der Waals surface area contributed by atoms with Crippen LogP contribution in [0, 0.1) is 6.92 Å². The van der Waals surface area contributed by atoms with Gasteiger partial charge in [-0.15, -0.1) is 0 Å². The highest BCUT2D eigenvalue weighted by molar-refractivity contribution is 6.31. The number of rotatable bonds is 3. The summed E-state index contributed by atoms with van der Waals surface area (Å²) in [7, 11) is 1.97. The Bertz CT molecular complexity index is 365. The molecule has 0 saturated carbocycles. The number of benzene rings is 1. The summed E-state index contributed by atoms with van der Waals surface area (Å²) in [5.41, 5.74) is 3.68. The van der Waals surface area contributed by atoms with E-state index in [1.807, 2.05) is 20.0 Å². The van der Waals surface area contributed by atoms with E-state index in [9.17, 15) is 0 Å². The zero-order chi connectivity index (χ0) is 11.4. The number of hydrogen-bond acceptors (Lipinski definition) is 1. The van der Waals surface area contributed by atoms with E-state index in [0.29, 0.717) is 0 Å². The van der Waals surface area contributed by atoms with Crippen LogP contribution in [-0.2, 0) is 0 Å². The van der Waals surface area contributed by atoms with Gasteiger partial charge in [-0.3, -0.25) is 0 Å². The minimum absolute atomic E-state index is 0.269. The normalized spacial score (nSPS) is 12.3. The van der Waals surface area contributed by atoms with Crippen molar-refractivity contribution in [2.24, 2.45) is 0 Å². The molecule has 0 heterocycles. The molecule has 1 unspecified atom stereocenters. The van der Waals surface area contributed by atoms with E-state index < -0.39 is 0 Å². The molecule has 0 aliphatic carbocycles. The summed E-state index contributed by atoms with van der Waals surface area (Å²) in [6.07, 6.45) is 2.21. The Morgan fingerprint density at radius 2 is 2.07 bits per heavy atom. The third-order valence-corrected chi connectivity index (χ3v) is 2.78. The predicted octanol–water partition coefficient (Wildman–Crippen LogP) is 3.88. The topological polar surface area (TPSA) is 12.0 Å². The van der Waals surface area contributed by atoms with Crippen molar-refractivity contribution in [1.29, 1.82) is 0 Å². The number of nitrogens with one attached hydrogen (secondary N) is 1. The average molecular weight is 224 g/mol. The summed E-state index contributed by atoms with van der Waals surface area (Å²) in [5.74, 6) is 0. The van der Waals surface area contributed by atoms with Gasteiger partial charge in [0.2, 0.25) is 0 Å². The summed E-state index contributed by atoms with van der Waals surface area (Å²) in [6.45, 7) is 6.24. The minimum atomic E-state index is 0.269. The fourth-order valence-corrected chi connectivity index (χ4v) is 1.66. The van der Waals surface area contributed by atoms with Crippen molar-refractivity contribution < 1.29 is 0 Å². The van der Waals surface area contributed by atoms with Crippen molar-refractivity contribution in [3.63, 3.8) is 0 Å². The minimum Gasteiger partial charge on any atom is -0.310 e. The van der Waals surface area contributed by atoms with Gasteiger partial charge in [0, 0.05) is 5.02 Å². The highest BCUT2D eigenvalue weighted by Crippen LogP contribution is 2.22. The maximum absolute atomic E-state index is 6.00. The van der Waals surface area contributed by atoms with Gasteiger partial charge in [-0.2, -0.15) is 0 Å². The Morgan fingerprint density at radius 3 is 2.53 bits per heavy atom. The van der Waals surface area contributed by atoms with Gasteiger partial charge in [-0.1, -0.05) is 35.4 Å². The molecular weight excluding hydrogens is 206 g/mol. The van der Waals surface area contributed by atoms with Gasteiger partial charge in [0.05, 0.1) is 6.04 Å². The van der Waals surface area contributed by atoms with Crippen molar-refractivity contribution >= 4 is 11.6 Å². The lowest BCUT2D eigenvalue weighted by atomic mass is 10.0. The van der Waals surface area contributed by atoms with Crippen molar-refractivity contribution in [3.8, 4) is 0 Å². The molecule has 15 heavy (non-hydrogen) atoms. The second-order valence-corrected chi connectivity index (χ2v) is 4.43. The Hall–Kier alpha value is -0.790. The van der Waals surface area contributed by atoms with Crippen molar-refractivity contribution in [3.05, 3.63) is 46.0 Å². The largest absolute Gasteiger partial charge is 0.310 e. The zero-order valence-electron chi connectivity index (χ0n) is 9.76. The number of likely N-dealkylation sites (N-methyl/N-ethyl adjacent to an activating group) is 1. The molecule has 0 spiro atoms. The van der Waals surface area contributed by atoms with Crippen LogP contribution in [0.2, 0.25) is 5.02 Å². The van der Waals surface area contributed by atoms with Gasteiger partial charge in [0.1, 0.15) is 0 Å². The van der Waals surface area contributed by atoms with E-state index in [1.54, 1.807) is 0 Å². The summed E-state index contributed by atoms with van der Waals surface area (Å²) >= 11 is 6.00. The number of halogens is 1. The van der Waals surface area contributed by atoms with Crippen LogP contribution in [0.25, 0.3) is 0 Å². The first-order chi connectivity index (χ1) is 7.04. The lowest BCUT2D eigenvalue weighted by Crippen LogP contribution is -2.14. The first-order valence-corrected chi connectivity index (χ1v) is 5.50. The molecule has 1 N–H and O–H groups in total. The second kappa shape index (κ2) is 5.34. The molecule has 2 heteroatoms. The van der Waals surface area contributed by atoms with Gasteiger partial charge < -0.3 is 5.32 Å². The Balaban J connectivity index is 3.03. The van der Waals surface area contributed by atoms with Gasteiger partial charge in [-0.25, -0.2) is 0 Å². The van der Waals surface area contributed by atoms with Crippen molar-refractivity contribution in [2.75, 3.05) is 7.05 Å². The van der Waals surface area contributed by atoms with E-state index in [4.69, 9.17) is 11.6 Å². The SMILES string of the molecule is CNC(C=C(C)C)c1ccc(Cl)c(C)c1. The first kappa shape index (κ1) is 12.3. The third kappa shape index (κ3) is 3.37. The maximum atomic E-state index is 6.00. The van der Waals surface area contributed by atoms with E-state index in [-0.39, 0.29) is 6.04 Å². The van der Waals surface area contributed by atoms with Gasteiger partial charge in [0.15, 0.2) is 0 Å². The molecule has 0 bridgehead atoms. The Kier molecular flexibility index (Phi) is 4.37. The smallest absolute Gasteiger partial charge is 0.0506 e. The monoisotopic (exact) mass is 223 g/mol. The van der Waals surface area contributed by atoms with Gasteiger partial charge in [-0.05, 0) is 45.0 Å². The van der Waals surface area contributed by atoms with E-state index in [0.717, 1.165) is 10.6 Å². The van der Waals surface area contributed by atoms with Crippen LogP contribution in [0.15, 0.2) is 29.8 Å². The van der Waals surface area contributed by atoms with Gasteiger partial charge >= 0.3 is 0 Å². The van der Waals surface area contributed by atoms with Crippen LogP contribution in [0.5, 0.6) is 0 Å². The Labute approximate surface area is 97.1 Å². The summed E-state index contributed by atoms with van der Waals surface area (Å²) in [5, 5.41) is 4.10. The summed E-state index contributed by atoms with van der Waals surface area (Å²) < 4.78 is 0. The molecule has 0 aromatic heterocycles. The molecule has 1 atom stereocenters. The van der Waals surface area contributed by atoms with Crippen LogP contribution in [0.4, 0.5) is 0 Å². The molecule has 0 amide bonds. The molecule has 1 rings (SSSR count). The highest BCUT2D eigenvalue weighted by Gasteiger charge is 2.06. The van der Waals surface area contributed by atoms with Crippen molar-refractivity contribution in [2.45, 2.75) is 26.8 Å². The third-order valence-electron chi connectivity index (χ3n) is 2.35. The quantitative estimate of drug-likeness (QED) is 0.767. The fraction of sp³-hybridized carbons (Fsp3) is 0.385. The average Bonchev–Trinajstić information content (AvgIpc) is 2.18. The lowest BCUT2D eigenvalue weighted by molar-refractivity contribution is 0.709. The molecule has 82 valence electrons. The summed E-state index contributed by atoms with van der Waals surface area (Å²) in [4.78, 5) is 0. The second-order valence-electron chi connectivity index (χ2n) is 4.02. The fourth-order valence-electron chi connectivity index (χ4n) is 1.54. The molecule has 1 nitrogen and oxygen atoms in total. The standard InChI is InChI=1S/C13H18ClN/c1-9(2)7-13(15-4)11-5-6-12(14)10(3)8-11/h5-8,13,15H,1-4H3. The maximum Gasteiger partial charge on any atom is 0.0506 e. The molecule has 0 radical (unpaired) electrons. The zero-order valence-corrected chi connectivity index (χ0v) is 10.5.